The zero-order valence-electron chi connectivity index (χ0n) is 12.5. The van der Waals surface area contributed by atoms with Crippen LogP contribution in [0.25, 0.3) is 0 Å². The molecule has 5 heteroatoms. The molecule has 2 aliphatic rings. The number of hydrogen-bond donors (Lipinski definition) is 2. The number of amides is 1. The van der Waals surface area contributed by atoms with Gasteiger partial charge in [0, 0.05) is 32.8 Å². The number of para-hydroxylation sites is 1. The van der Waals surface area contributed by atoms with Gasteiger partial charge in [-0.1, -0.05) is 6.07 Å². The van der Waals surface area contributed by atoms with Gasteiger partial charge in [0.1, 0.15) is 0 Å². The zero-order chi connectivity index (χ0) is 14.7. The minimum atomic E-state index is 0.104. The third kappa shape index (κ3) is 2.97. The van der Waals surface area contributed by atoms with Crippen LogP contribution in [0.2, 0.25) is 0 Å². The number of carbonyl (C=O) groups excluding carboxylic acids is 1. The van der Waals surface area contributed by atoms with Crippen molar-refractivity contribution in [1.29, 1.82) is 0 Å². The summed E-state index contributed by atoms with van der Waals surface area (Å²) in [6.45, 7) is 5.96. The number of hydrogen-bond acceptors (Lipinski definition) is 4. The molecule has 1 saturated heterocycles. The largest absolute Gasteiger partial charge is 0.382 e. The van der Waals surface area contributed by atoms with E-state index in [2.05, 4.69) is 10.6 Å². The number of anilines is 2. The molecule has 0 saturated carbocycles. The van der Waals surface area contributed by atoms with Crippen molar-refractivity contribution in [1.82, 2.24) is 4.90 Å². The second-order valence-electron chi connectivity index (χ2n) is 5.55. The first-order chi connectivity index (χ1) is 10.3. The number of ether oxygens (including phenoxy) is 1. The smallest absolute Gasteiger partial charge is 0.256 e. The molecule has 1 aromatic rings. The number of piperidine rings is 1. The van der Waals surface area contributed by atoms with Crippen molar-refractivity contribution in [2.45, 2.75) is 25.9 Å². The predicted molar refractivity (Wildman–Crippen MR) is 84.0 cm³/mol. The van der Waals surface area contributed by atoms with Gasteiger partial charge in [0.2, 0.25) is 0 Å². The Kier molecular flexibility index (Phi) is 4.29. The molecule has 1 atom stereocenters. The summed E-state index contributed by atoms with van der Waals surface area (Å²) >= 11 is 0. The number of nitrogens with zero attached hydrogens (tertiary/aromatic N) is 1. The van der Waals surface area contributed by atoms with E-state index in [9.17, 15) is 4.79 Å². The molecule has 0 aromatic heterocycles. The predicted octanol–water partition coefficient (Wildman–Crippen LogP) is 2.17. The van der Waals surface area contributed by atoms with Crippen molar-refractivity contribution >= 4 is 17.3 Å². The highest BCUT2D eigenvalue weighted by Crippen LogP contribution is 2.30. The van der Waals surface area contributed by atoms with Crippen LogP contribution in [0.1, 0.15) is 30.1 Å². The Morgan fingerprint density at radius 2 is 2.24 bits per heavy atom. The Hall–Kier alpha value is -1.75. The molecular weight excluding hydrogens is 266 g/mol. The molecule has 1 amide bonds. The highest BCUT2D eigenvalue weighted by atomic mass is 16.5. The summed E-state index contributed by atoms with van der Waals surface area (Å²) in [5.41, 5.74) is 2.72. The molecule has 0 bridgehead atoms. The van der Waals surface area contributed by atoms with E-state index in [0.29, 0.717) is 13.2 Å². The van der Waals surface area contributed by atoms with Gasteiger partial charge in [-0.25, -0.2) is 0 Å². The van der Waals surface area contributed by atoms with E-state index < -0.39 is 0 Å². The molecule has 0 spiro atoms. The Bertz CT molecular complexity index is 516. The zero-order valence-corrected chi connectivity index (χ0v) is 12.5. The van der Waals surface area contributed by atoms with E-state index in [1.165, 1.54) is 0 Å². The quantitative estimate of drug-likeness (QED) is 0.895. The maximum atomic E-state index is 12.8. The Labute approximate surface area is 125 Å². The monoisotopic (exact) mass is 289 g/mol. The number of nitrogens with one attached hydrogen (secondary N) is 2. The second-order valence-corrected chi connectivity index (χ2v) is 5.55. The summed E-state index contributed by atoms with van der Waals surface area (Å²) in [5, 5.41) is 6.68. The maximum absolute atomic E-state index is 12.8. The third-order valence-corrected chi connectivity index (χ3v) is 4.10. The van der Waals surface area contributed by atoms with Crippen LogP contribution in [0, 0.1) is 0 Å². The number of fused-ring (bicyclic) bond motifs is 1. The van der Waals surface area contributed by atoms with Crippen LogP contribution in [0.5, 0.6) is 0 Å². The summed E-state index contributed by atoms with van der Waals surface area (Å²) in [4.78, 5) is 14.8. The van der Waals surface area contributed by atoms with E-state index in [4.69, 9.17) is 4.74 Å². The molecule has 2 heterocycles. The van der Waals surface area contributed by atoms with Gasteiger partial charge in [-0.2, -0.15) is 0 Å². The topological polar surface area (TPSA) is 53.6 Å². The van der Waals surface area contributed by atoms with Crippen LogP contribution in [-0.4, -0.2) is 49.7 Å². The molecule has 1 aromatic carbocycles. The van der Waals surface area contributed by atoms with Crippen molar-refractivity contribution in [3.05, 3.63) is 23.8 Å². The molecule has 2 N–H and O–H groups in total. The first-order valence-electron chi connectivity index (χ1n) is 7.81. The molecule has 1 unspecified atom stereocenters. The minimum Gasteiger partial charge on any atom is -0.382 e. The number of likely N-dealkylation sites (tertiary alicyclic amines) is 1. The van der Waals surface area contributed by atoms with E-state index in [1.807, 2.05) is 30.0 Å². The number of rotatable bonds is 3. The minimum absolute atomic E-state index is 0.104. The van der Waals surface area contributed by atoms with Crippen molar-refractivity contribution < 1.29 is 9.53 Å². The summed E-state index contributed by atoms with van der Waals surface area (Å²) in [6.07, 6.45) is 2.24. The van der Waals surface area contributed by atoms with Crippen LogP contribution in [0.15, 0.2) is 18.2 Å². The molecule has 0 aliphatic carbocycles. The SMILES string of the molecule is CCOC1CCCN(C(=O)c2cccc3c2NCCN3)C1. The lowest BCUT2D eigenvalue weighted by Crippen LogP contribution is -2.43. The molecule has 3 rings (SSSR count). The average Bonchev–Trinajstić information content (AvgIpc) is 2.54. The van der Waals surface area contributed by atoms with Gasteiger partial charge in [0.25, 0.3) is 5.91 Å². The van der Waals surface area contributed by atoms with E-state index in [1.54, 1.807) is 0 Å². The van der Waals surface area contributed by atoms with Crippen molar-refractivity contribution in [2.75, 3.05) is 43.4 Å². The van der Waals surface area contributed by atoms with E-state index in [0.717, 1.165) is 49.4 Å². The fourth-order valence-corrected chi connectivity index (χ4v) is 3.12. The highest BCUT2D eigenvalue weighted by molar-refractivity contribution is 6.02. The molecule has 21 heavy (non-hydrogen) atoms. The Balaban J connectivity index is 1.79. The van der Waals surface area contributed by atoms with Crippen LogP contribution >= 0.6 is 0 Å². The van der Waals surface area contributed by atoms with Crippen LogP contribution in [0.3, 0.4) is 0 Å². The summed E-state index contributed by atoms with van der Waals surface area (Å²) in [6, 6.07) is 5.86. The lowest BCUT2D eigenvalue weighted by atomic mass is 10.0. The Morgan fingerprint density at radius 1 is 1.38 bits per heavy atom. The summed E-state index contributed by atoms with van der Waals surface area (Å²) < 4.78 is 5.69. The van der Waals surface area contributed by atoms with Crippen LogP contribution < -0.4 is 10.6 Å². The number of benzene rings is 1. The van der Waals surface area contributed by atoms with Crippen LogP contribution in [0.4, 0.5) is 11.4 Å². The second kappa shape index (κ2) is 6.35. The van der Waals surface area contributed by atoms with Gasteiger partial charge < -0.3 is 20.3 Å². The van der Waals surface area contributed by atoms with Crippen LogP contribution in [-0.2, 0) is 4.74 Å². The van der Waals surface area contributed by atoms with Gasteiger partial charge >= 0.3 is 0 Å². The van der Waals surface area contributed by atoms with E-state index in [-0.39, 0.29) is 12.0 Å². The normalized spacial score (nSPS) is 21.2. The van der Waals surface area contributed by atoms with Crippen molar-refractivity contribution in [2.24, 2.45) is 0 Å². The lowest BCUT2D eigenvalue weighted by molar-refractivity contribution is 0.00728. The molecule has 114 valence electrons. The molecule has 5 nitrogen and oxygen atoms in total. The lowest BCUT2D eigenvalue weighted by Gasteiger charge is -2.33. The van der Waals surface area contributed by atoms with Gasteiger partial charge in [-0.3, -0.25) is 4.79 Å². The third-order valence-electron chi connectivity index (χ3n) is 4.10. The van der Waals surface area contributed by atoms with Gasteiger partial charge in [0.15, 0.2) is 0 Å². The van der Waals surface area contributed by atoms with Crippen molar-refractivity contribution in [3.8, 4) is 0 Å². The molecule has 1 fully saturated rings. The fraction of sp³-hybridized carbons (Fsp3) is 0.562. The standard InChI is InChI=1S/C16H23N3O2/c1-2-21-12-5-4-10-19(11-12)16(20)13-6-3-7-14-15(13)18-9-8-17-14/h3,6-7,12,17-18H,2,4-5,8-11H2,1H3. The summed E-state index contributed by atoms with van der Waals surface area (Å²) in [7, 11) is 0. The van der Waals surface area contributed by atoms with Gasteiger partial charge in [-0.05, 0) is 31.9 Å². The van der Waals surface area contributed by atoms with Gasteiger partial charge in [0.05, 0.1) is 23.0 Å². The fourth-order valence-electron chi connectivity index (χ4n) is 3.12. The maximum Gasteiger partial charge on any atom is 0.256 e. The highest BCUT2D eigenvalue weighted by Gasteiger charge is 2.27. The number of carbonyl (C=O) groups is 1. The molecule has 0 radical (unpaired) electrons. The first-order valence-corrected chi connectivity index (χ1v) is 7.81. The Morgan fingerprint density at radius 3 is 3.10 bits per heavy atom. The first kappa shape index (κ1) is 14.2. The van der Waals surface area contributed by atoms with Crippen molar-refractivity contribution in [3.63, 3.8) is 0 Å². The summed E-state index contributed by atoms with van der Waals surface area (Å²) in [5.74, 6) is 0.104. The van der Waals surface area contributed by atoms with E-state index >= 15 is 0 Å². The van der Waals surface area contributed by atoms with Gasteiger partial charge in [-0.15, -0.1) is 0 Å². The average molecular weight is 289 g/mol. The molecule has 2 aliphatic heterocycles. The molecular formula is C16H23N3O2.